The van der Waals surface area contributed by atoms with E-state index < -0.39 is 0 Å². The molecule has 4 rings (SSSR count). The van der Waals surface area contributed by atoms with Gasteiger partial charge in [0, 0.05) is 18.5 Å². The van der Waals surface area contributed by atoms with Crippen molar-refractivity contribution in [2.75, 3.05) is 26.7 Å². The monoisotopic (exact) mass is 429 g/mol. The van der Waals surface area contributed by atoms with Crippen LogP contribution in [0.5, 0.6) is 5.75 Å². The fraction of sp³-hybridized carbons (Fsp3) is 0.391. The van der Waals surface area contributed by atoms with Crippen LogP contribution in [0.3, 0.4) is 0 Å². The van der Waals surface area contributed by atoms with Crippen LogP contribution < -0.4 is 16.0 Å². The van der Waals surface area contributed by atoms with Crippen LogP contribution in [0, 0.1) is 0 Å². The maximum atomic E-state index is 12.6. The van der Waals surface area contributed by atoms with E-state index in [1.54, 1.807) is 19.2 Å². The zero-order chi connectivity index (χ0) is 20.4. The number of fused-ring (bicyclic) bond motifs is 1. The average molecular weight is 430 g/mol. The first-order valence-corrected chi connectivity index (χ1v) is 10.1. The van der Waals surface area contributed by atoms with Crippen LogP contribution in [0.4, 0.5) is 0 Å². The molecule has 2 aromatic carbocycles. The number of hydrogen-bond donors (Lipinski definition) is 1. The van der Waals surface area contributed by atoms with Crippen LogP contribution in [0.15, 0.2) is 58.1 Å². The first-order valence-electron chi connectivity index (χ1n) is 10.1. The molecular weight excluding hydrogens is 402 g/mol. The van der Waals surface area contributed by atoms with Crippen molar-refractivity contribution >= 4 is 23.3 Å². The number of rotatable bonds is 6. The van der Waals surface area contributed by atoms with Crippen LogP contribution in [0.2, 0.25) is 0 Å². The number of halogens is 1. The summed E-state index contributed by atoms with van der Waals surface area (Å²) in [7, 11) is 1.69. The molecule has 1 fully saturated rings. The molecule has 1 atom stereocenters. The molecule has 1 saturated heterocycles. The highest BCUT2D eigenvalue weighted by Gasteiger charge is 2.35. The molecule has 0 amide bonds. The molecule has 0 spiro atoms. The number of aromatic nitrogens is 2. The Morgan fingerprint density at radius 1 is 1.10 bits per heavy atom. The number of aromatic amines is 1. The molecule has 0 radical (unpaired) electrons. The van der Waals surface area contributed by atoms with Crippen molar-refractivity contribution < 1.29 is 4.74 Å². The van der Waals surface area contributed by atoms with Crippen LogP contribution in [-0.2, 0) is 12.0 Å². The van der Waals surface area contributed by atoms with Gasteiger partial charge in [0.15, 0.2) is 0 Å². The van der Waals surface area contributed by atoms with E-state index in [1.165, 1.54) is 10.1 Å². The molecule has 1 aliphatic heterocycles. The van der Waals surface area contributed by atoms with Gasteiger partial charge >= 0.3 is 5.69 Å². The Bertz CT molecular complexity index is 1140. The standard InChI is InChI=1S/C23H27N3O3.ClH/c1-23(17-7-5-8-18(15-17)29-2)11-14-25(16-23)12-6-13-26-21(27)19-9-3-4-10-20(19)24-22(26)28;/h3-5,7-10,15H,6,11-14,16H2,1-2H3,(H,24,28);1H. The molecule has 0 saturated carbocycles. The van der Waals surface area contributed by atoms with Crippen molar-refractivity contribution in [2.24, 2.45) is 0 Å². The molecule has 0 bridgehead atoms. The molecule has 1 N–H and O–H groups in total. The van der Waals surface area contributed by atoms with Gasteiger partial charge in [0.25, 0.3) is 5.56 Å². The number of nitrogens with zero attached hydrogens (tertiary/aromatic N) is 2. The Morgan fingerprint density at radius 3 is 2.70 bits per heavy atom. The van der Waals surface area contributed by atoms with Gasteiger partial charge in [-0.25, -0.2) is 4.79 Å². The second-order valence-corrected chi connectivity index (χ2v) is 8.10. The smallest absolute Gasteiger partial charge is 0.328 e. The van der Waals surface area contributed by atoms with Crippen molar-refractivity contribution in [3.05, 3.63) is 74.9 Å². The number of methoxy groups -OCH3 is 1. The number of likely N-dealkylation sites (tertiary alicyclic amines) is 1. The highest BCUT2D eigenvalue weighted by Crippen LogP contribution is 2.35. The lowest BCUT2D eigenvalue weighted by Gasteiger charge is -2.26. The third-order valence-corrected chi connectivity index (χ3v) is 6.06. The summed E-state index contributed by atoms with van der Waals surface area (Å²) in [6.45, 7) is 5.55. The van der Waals surface area contributed by atoms with Crippen LogP contribution in [0.1, 0.15) is 25.3 Å². The van der Waals surface area contributed by atoms with Crippen LogP contribution in [-0.4, -0.2) is 41.2 Å². The van der Waals surface area contributed by atoms with E-state index in [2.05, 4.69) is 28.9 Å². The summed E-state index contributed by atoms with van der Waals surface area (Å²) in [6, 6.07) is 15.4. The lowest BCUT2D eigenvalue weighted by Crippen LogP contribution is -2.36. The number of para-hydroxylation sites is 1. The predicted octanol–water partition coefficient (Wildman–Crippen LogP) is 3.17. The summed E-state index contributed by atoms with van der Waals surface area (Å²) in [5, 5.41) is 0.555. The van der Waals surface area contributed by atoms with Gasteiger partial charge in [-0.3, -0.25) is 9.36 Å². The van der Waals surface area contributed by atoms with Gasteiger partial charge in [-0.15, -0.1) is 12.4 Å². The summed E-state index contributed by atoms with van der Waals surface area (Å²) in [4.78, 5) is 30.2. The fourth-order valence-corrected chi connectivity index (χ4v) is 4.34. The van der Waals surface area contributed by atoms with Gasteiger partial charge in [0.05, 0.1) is 18.0 Å². The average Bonchev–Trinajstić information content (AvgIpc) is 3.13. The van der Waals surface area contributed by atoms with E-state index in [4.69, 9.17) is 4.74 Å². The topological polar surface area (TPSA) is 67.3 Å². The molecule has 0 aliphatic carbocycles. The Kier molecular flexibility index (Phi) is 6.68. The van der Waals surface area contributed by atoms with Gasteiger partial charge < -0.3 is 14.6 Å². The van der Waals surface area contributed by atoms with E-state index in [1.807, 2.05) is 24.3 Å². The Balaban J connectivity index is 0.00000256. The Morgan fingerprint density at radius 2 is 1.90 bits per heavy atom. The lowest BCUT2D eigenvalue weighted by molar-refractivity contribution is 0.303. The first-order chi connectivity index (χ1) is 14.0. The molecule has 160 valence electrons. The van der Waals surface area contributed by atoms with Crippen molar-refractivity contribution in [1.29, 1.82) is 0 Å². The minimum Gasteiger partial charge on any atom is -0.497 e. The quantitative estimate of drug-likeness (QED) is 0.653. The molecule has 1 aliphatic rings. The fourth-order valence-electron chi connectivity index (χ4n) is 4.34. The van der Waals surface area contributed by atoms with E-state index >= 15 is 0 Å². The zero-order valence-corrected chi connectivity index (χ0v) is 18.2. The molecule has 30 heavy (non-hydrogen) atoms. The maximum absolute atomic E-state index is 12.6. The summed E-state index contributed by atoms with van der Waals surface area (Å²) < 4.78 is 6.69. The van der Waals surface area contributed by atoms with Gasteiger partial charge in [0.2, 0.25) is 0 Å². The summed E-state index contributed by atoms with van der Waals surface area (Å²) in [6.07, 6.45) is 1.84. The summed E-state index contributed by atoms with van der Waals surface area (Å²) >= 11 is 0. The molecule has 3 aromatic rings. The molecule has 7 heteroatoms. The molecule has 1 unspecified atom stereocenters. The molecule has 2 heterocycles. The number of benzene rings is 2. The summed E-state index contributed by atoms with van der Waals surface area (Å²) in [5.74, 6) is 0.886. The third-order valence-electron chi connectivity index (χ3n) is 6.06. The number of hydrogen-bond acceptors (Lipinski definition) is 4. The van der Waals surface area contributed by atoms with Crippen molar-refractivity contribution in [1.82, 2.24) is 14.5 Å². The van der Waals surface area contributed by atoms with Crippen molar-refractivity contribution in [2.45, 2.75) is 31.7 Å². The van der Waals surface area contributed by atoms with Crippen LogP contribution in [0.25, 0.3) is 10.9 Å². The number of ether oxygens (including phenoxy) is 1. The maximum Gasteiger partial charge on any atom is 0.328 e. The van der Waals surface area contributed by atoms with E-state index in [0.717, 1.165) is 38.2 Å². The minimum absolute atomic E-state index is 0. The third kappa shape index (κ3) is 4.30. The van der Waals surface area contributed by atoms with E-state index in [0.29, 0.717) is 17.4 Å². The predicted molar refractivity (Wildman–Crippen MR) is 122 cm³/mol. The lowest BCUT2D eigenvalue weighted by atomic mass is 9.82. The second-order valence-electron chi connectivity index (χ2n) is 8.10. The molecule has 6 nitrogen and oxygen atoms in total. The van der Waals surface area contributed by atoms with E-state index in [9.17, 15) is 9.59 Å². The minimum atomic E-state index is -0.337. The molecular formula is C23H28ClN3O3. The largest absolute Gasteiger partial charge is 0.497 e. The van der Waals surface area contributed by atoms with Gasteiger partial charge in [-0.2, -0.15) is 0 Å². The normalized spacial score (nSPS) is 19.0. The zero-order valence-electron chi connectivity index (χ0n) is 17.4. The second kappa shape index (κ2) is 9.06. The summed E-state index contributed by atoms with van der Waals surface area (Å²) in [5.41, 5.74) is 1.42. The van der Waals surface area contributed by atoms with Gasteiger partial charge in [-0.1, -0.05) is 31.2 Å². The van der Waals surface area contributed by atoms with Gasteiger partial charge in [0.1, 0.15) is 5.75 Å². The van der Waals surface area contributed by atoms with Crippen LogP contribution >= 0.6 is 12.4 Å². The molecule has 1 aromatic heterocycles. The van der Waals surface area contributed by atoms with Crippen molar-refractivity contribution in [3.8, 4) is 5.75 Å². The number of nitrogens with one attached hydrogen (secondary N) is 1. The SMILES string of the molecule is COc1cccc(C2(C)CCN(CCCn3c(=O)[nH]c4ccccc4c3=O)C2)c1.Cl. The Hall–Kier alpha value is -2.57. The van der Waals surface area contributed by atoms with Crippen molar-refractivity contribution in [3.63, 3.8) is 0 Å². The van der Waals surface area contributed by atoms with E-state index in [-0.39, 0.29) is 29.1 Å². The highest BCUT2D eigenvalue weighted by atomic mass is 35.5. The Labute approximate surface area is 181 Å². The first kappa shape index (κ1) is 22.1. The highest BCUT2D eigenvalue weighted by molar-refractivity contribution is 5.85. The number of H-pyrrole nitrogens is 1. The van der Waals surface area contributed by atoms with Gasteiger partial charge in [-0.05, 0) is 55.8 Å².